The average molecular weight is 312 g/mol. The second-order valence-corrected chi connectivity index (χ2v) is 8.39. The van der Waals surface area contributed by atoms with Crippen LogP contribution in [0.3, 0.4) is 0 Å². The number of benzene rings is 2. The van der Waals surface area contributed by atoms with Crippen LogP contribution in [0.1, 0.15) is 64.2 Å². The molecule has 0 saturated carbocycles. The lowest BCUT2D eigenvalue weighted by molar-refractivity contribution is 0.350. The molecule has 124 valence electrons. The monoisotopic (exact) mass is 312 g/mol. The van der Waals surface area contributed by atoms with Gasteiger partial charge >= 0.3 is 0 Å². The maximum absolute atomic E-state index is 10.1. The van der Waals surface area contributed by atoms with E-state index in [-0.39, 0.29) is 28.2 Å². The van der Waals surface area contributed by atoms with Crippen molar-refractivity contribution in [2.75, 3.05) is 0 Å². The predicted octanol–water partition coefficient (Wildman–Crippen LogP) is 5.57. The molecule has 1 atom stereocenters. The zero-order chi connectivity index (χ0) is 17.4. The second kappa shape index (κ2) is 5.92. The van der Waals surface area contributed by atoms with Gasteiger partial charge in [-0.25, -0.2) is 0 Å². The molecule has 0 spiro atoms. The van der Waals surface area contributed by atoms with E-state index in [0.29, 0.717) is 0 Å². The quantitative estimate of drug-likeness (QED) is 0.711. The minimum absolute atomic E-state index is 0.0230. The molecule has 2 aromatic carbocycles. The molecular formula is C21H28O2. The predicted molar refractivity (Wildman–Crippen MR) is 96.2 cm³/mol. The zero-order valence-corrected chi connectivity index (χ0v) is 15.0. The summed E-state index contributed by atoms with van der Waals surface area (Å²) in [7, 11) is 0. The van der Waals surface area contributed by atoms with Crippen LogP contribution < -0.4 is 0 Å². The van der Waals surface area contributed by atoms with Crippen molar-refractivity contribution in [1.82, 2.24) is 0 Å². The van der Waals surface area contributed by atoms with Gasteiger partial charge in [-0.1, -0.05) is 71.9 Å². The molecule has 0 amide bonds. The maximum Gasteiger partial charge on any atom is 0.157 e. The first-order valence-corrected chi connectivity index (χ1v) is 8.13. The van der Waals surface area contributed by atoms with Crippen LogP contribution in [0.25, 0.3) is 0 Å². The van der Waals surface area contributed by atoms with Crippen LogP contribution >= 0.6 is 0 Å². The minimum Gasteiger partial charge on any atom is -0.504 e. The molecule has 2 aromatic rings. The van der Waals surface area contributed by atoms with Crippen molar-refractivity contribution in [1.29, 1.82) is 0 Å². The molecule has 0 saturated heterocycles. The third-order valence-electron chi connectivity index (χ3n) is 4.26. The maximum atomic E-state index is 10.1. The van der Waals surface area contributed by atoms with E-state index in [0.717, 1.165) is 11.1 Å². The second-order valence-electron chi connectivity index (χ2n) is 8.39. The Balaban J connectivity index is 2.76. The first-order valence-electron chi connectivity index (χ1n) is 8.13. The van der Waals surface area contributed by atoms with Crippen LogP contribution in [-0.4, -0.2) is 10.2 Å². The Kier molecular flexibility index (Phi) is 4.48. The highest BCUT2D eigenvalue weighted by atomic mass is 16.3. The summed E-state index contributed by atoms with van der Waals surface area (Å²) in [5, 5.41) is 20.1. The van der Waals surface area contributed by atoms with Crippen LogP contribution in [0, 0.1) is 5.41 Å². The summed E-state index contributed by atoms with van der Waals surface area (Å²) < 4.78 is 0. The molecule has 0 aliphatic rings. The summed E-state index contributed by atoms with van der Waals surface area (Å²) in [6.07, 6.45) is 0. The van der Waals surface area contributed by atoms with Gasteiger partial charge in [0, 0.05) is 5.92 Å². The highest BCUT2D eigenvalue weighted by Crippen LogP contribution is 2.46. The molecule has 2 N–H and O–H groups in total. The molecule has 2 heteroatoms. The molecule has 23 heavy (non-hydrogen) atoms. The fourth-order valence-electron chi connectivity index (χ4n) is 3.27. The Morgan fingerprint density at radius 1 is 0.783 bits per heavy atom. The van der Waals surface area contributed by atoms with E-state index in [1.165, 1.54) is 5.56 Å². The van der Waals surface area contributed by atoms with Gasteiger partial charge < -0.3 is 10.2 Å². The van der Waals surface area contributed by atoms with Gasteiger partial charge in [0.25, 0.3) is 0 Å². The van der Waals surface area contributed by atoms with Crippen LogP contribution in [0.4, 0.5) is 0 Å². The summed E-state index contributed by atoms with van der Waals surface area (Å²) in [4.78, 5) is 0. The summed E-state index contributed by atoms with van der Waals surface area (Å²) >= 11 is 0. The lowest BCUT2D eigenvalue weighted by Crippen LogP contribution is -2.24. The lowest BCUT2D eigenvalue weighted by Gasteiger charge is -2.36. The average Bonchev–Trinajstić information content (AvgIpc) is 2.41. The van der Waals surface area contributed by atoms with Crippen molar-refractivity contribution in [3.05, 3.63) is 59.2 Å². The molecule has 0 aliphatic carbocycles. The molecule has 0 heterocycles. The van der Waals surface area contributed by atoms with Crippen molar-refractivity contribution in [2.45, 2.75) is 52.9 Å². The molecule has 0 aromatic heterocycles. The Morgan fingerprint density at radius 2 is 1.30 bits per heavy atom. The highest BCUT2D eigenvalue weighted by Gasteiger charge is 2.33. The summed E-state index contributed by atoms with van der Waals surface area (Å²) in [5.74, 6) is 0.0157. The number of hydrogen-bond acceptors (Lipinski definition) is 2. The fourth-order valence-corrected chi connectivity index (χ4v) is 3.27. The Bertz CT molecular complexity index is 673. The van der Waals surface area contributed by atoms with Crippen molar-refractivity contribution in [3.8, 4) is 11.5 Å². The fraction of sp³-hybridized carbons (Fsp3) is 0.429. The molecule has 1 unspecified atom stereocenters. The minimum atomic E-state index is -0.126. The van der Waals surface area contributed by atoms with Gasteiger partial charge in [0.15, 0.2) is 11.5 Å². The van der Waals surface area contributed by atoms with Gasteiger partial charge in [-0.15, -0.1) is 0 Å². The van der Waals surface area contributed by atoms with Crippen molar-refractivity contribution in [2.24, 2.45) is 5.41 Å². The molecule has 2 rings (SSSR count). The first kappa shape index (κ1) is 17.4. The number of aromatic hydroxyl groups is 2. The normalized spacial score (nSPS) is 13.8. The van der Waals surface area contributed by atoms with Crippen LogP contribution in [0.15, 0.2) is 42.5 Å². The molecule has 0 bridgehead atoms. The van der Waals surface area contributed by atoms with E-state index in [4.69, 9.17) is 0 Å². The van der Waals surface area contributed by atoms with E-state index in [1.807, 2.05) is 18.2 Å². The molecule has 0 fully saturated rings. The van der Waals surface area contributed by atoms with Gasteiger partial charge in [0.05, 0.1) is 0 Å². The Labute approximate surface area is 139 Å². The third kappa shape index (κ3) is 3.69. The van der Waals surface area contributed by atoms with Crippen LogP contribution in [0.2, 0.25) is 0 Å². The smallest absolute Gasteiger partial charge is 0.157 e. The molecule has 0 radical (unpaired) electrons. The van der Waals surface area contributed by atoms with Gasteiger partial charge in [-0.2, -0.15) is 0 Å². The summed E-state index contributed by atoms with van der Waals surface area (Å²) in [6, 6.07) is 13.8. The van der Waals surface area contributed by atoms with E-state index >= 15 is 0 Å². The molecule has 0 aliphatic heterocycles. The van der Waals surface area contributed by atoms with Crippen LogP contribution in [0.5, 0.6) is 11.5 Å². The molecular weight excluding hydrogens is 284 g/mol. The van der Waals surface area contributed by atoms with Gasteiger partial charge in [-0.3, -0.25) is 0 Å². The van der Waals surface area contributed by atoms with Gasteiger partial charge in [-0.05, 0) is 39.7 Å². The Morgan fingerprint density at radius 3 is 1.78 bits per heavy atom. The van der Waals surface area contributed by atoms with E-state index in [2.05, 4.69) is 53.7 Å². The van der Waals surface area contributed by atoms with Crippen molar-refractivity contribution < 1.29 is 10.2 Å². The standard InChI is InChI=1S/C21H28O2/c1-20(2,3)16-13-18(23)17(22)12-15(16)19(21(4,5)6)14-10-8-7-9-11-14/h7-13,19,22-23H,1-6H3. The molecule has 2 nitrogen and oxygen atoms in total. The van der Waals surface area contributed by atoms with Gasteiger partial charge in [0.1, 0.15) is 0 Å². The summed E-state index contributed by atoms with van der Waals surface area (Å²) in [5.41, 5.74) is 3.21. The van der Waals surface area contributed by atoms with Crippen molar-refractivity contribution >= 4 is 0 Å². The lowest BCUT2D eigenvalue weighted by atomic mass is 9.68. The van der Waals surface area contributed by atoms with Crippen LogP contribution in [-0.2, 0) is 5.41 Å². The SMILES string of the molecule is CC(C)(C)c1cc(O)c(O)cc1C(c1ccccc1)C(C)(C)C. The summed E-state index contributed by atoms with van der Waals surface area (Å²) in [6.45, 7) is 13.0. The number of phenolic OH excluding ortho intramolecular Hbond substituents is 2. The number of rotatable bonds is 2. The highest BCUT2D eigenvalue weighted by molar-refractivity contribution is 5.52. The topological polar surface area (TPSA) is 40.5 Å². The largest absolute Gasteiger partial charge is 0.504 e. The van der Waals surface area contributed by atoms with E-state index in [9.17, 15) is 10.2 Å². The Hall–Kier alpha value is -1.96. The van der Waals surface area contributed by atoms with Crippen molar-refractivity contribution in [3.63, 3.8) is 0 Å². The van der Waals surface area contributed by atoms with E-state index in [1.54, 1.807) is 12.1 Å². The third-order valence-corrected chi connectivity index (χ3v) is 4.26. The number of phenols is 2. The van der Waals surface area contributed by atoms with Gasteiger partial charge in [0.2, 0.25) is 0 Å². The first-order chi connectivity index (χ1) is 10.5. The zero-order valence-electron chi connectivity index (χ0n) is 15.0. The van der Waals surface area contributed by atoms with E-state index < -0.39 is 0 Å². The number of hydrogen-bond donors (Lipinski definition) is 2.